The van der Waals surface area contributed by atoms with E-state index < -0.39 is 29.0 Å². The van der Waals surface area contributed by atoms with Crippen molar-refractivity contribution in [3.8, 4) is 91.4 Å². The second-order valence-corrected chi connectivity index (χ2v) is 16.5. The summed E-state index contributed by atoms with van der Waals surface area (Å²) in [5.41, 5.74) is 4.38. The molecule has 0 aliphatic carbocycles. The summed E-state index contributed by atoms with van der Waals surface area (Å²) in [6, 6.07) is 56.7. The minimum atomic E-state index is -5.18. The Bertz CT molecular complexity index is 3740. The van der Waals surface area contributed by atoms with Crippen LogP contribution in [0.2, 0.25) is 0 Å². The van der Waals surface area contributed by atoms with Crippen LogP contribution < -0.4 is 0 Å². The Labute approximate surface area is 414 Å². The lowest BCUT2D eigenvalue weighted by Gasteiger charge is -2.19. The predicted molar refractivity (Wildman–Crippen MR) is 271 cm³/mol. The molecule has 2 heterocycles. The Kier molecular flexibility index (Phi) is 13.1. The molecular weight excluding hydrogens is 933 g/mol. The van der Waals surface area contributed by atoms with Gasteiger partial charge in [0.2, 0.25) is 0 Å². The maximum atomic E-state index is 15.0. The van der Waals surface area contributed by atoms with Crippen LogP contribution >= 0.6 is 0 Å². The number of halogens is 6. The van der Waals surface area contributed by atoms with Gasteiger partial charge in [-0.25, -0.2) is 15.0 Å². The normalized spacial score (nSPS) is 11.2. The lowest BCUT2D eigenvalue weighted by Crippen LogP contribution is -2.12. The number of nitrogens with zero attached hydrogens (tertiary/aromatic N) is 7. The van der Waals surface area contributed by atoms with Gasteiger partial charge in [0.25, 0.3) is 0 Å². The van der Waals surface area contributed by atoms with Gasteiger partial charge in [0, 0.05) is 38.7 Å². The zero-order valence-corrected chi connectivity index (χ0v) is 38.2. The Morgan fingerprint density at radius 3 is 1.40 bits per heavy atom. The van der Waals surface area contributed by atoms with Crippen LogP contribution in [0.4, 0.5) is 26.3 Å². The molecule has 0 fully saturated rings. The van der Waals surface area contributed by atoms with Gasteiger partial charge in [-0.1, -0.05) is 128 Å². The molecule has 0 bridgehead atoms. The number of benzene rings is 8. The summed E-state index contributed by atoms with van der Waals surface area (Å²) in [4.78, 5) is 14.5. The number of nitriles is 3. The highest BCUT2D eigenvalue weighted by Crippen LogP contribution is 2.45. The number of fused-ring (bicyclic) bond motifs is 3. The Balaban J connectivity index is 0.00000103. The van der Waals surface area contributed by atoms with Crippen molar-refractivity contribution in [2.75, 3.05) is 0 Å². The molecular formula is C60H35F6N7. The first-order valence-corrected chi connectivity index (χ1v) is 22.3. The van der Waals surface area contributed by atoms with E-state index in [9.17, 15) is 23.7 Å². The van der Waals surface area contributed by atoms with Gasteiger partial charge < -0.3 is 4.57 Å². The first-order valence-electron chi connectivity index (χ1n) is 22.3. The third-order valence-electron chi connectivity index (χ3n) is 11.9. The molecule has 0 N–H and O–H groups in total. The lowest BCUT2D eigenvalue weighted by atomic mass is 9.92. The summed E-state index contributed by atoms with van der Waals surface area (Å²) in [6.45, 7) is 6.62. The molecule has 10 aromatic rings. The predicted octanol–water partition coefficient (Wildman–Crippen LogP) is 16.0. The van der Waals surface area contributed by atoms with E-state index in [1.165, 1.54) is 12.1 Å². The third kappa shape index (κ3) is 9.96. The van der Waals surface area contributed by atoms with Gasteiger partial charge in [-0.05, 0) is 106 Å². The van der Waals surface area contributed by atoms with E-state index >= 15 is 13.2 Å². The molecule has 7 nitrogen and oxygen atoms in total. The zero-order chi connectivity index (χ0) is 51.4. The van der Waals surface area contributed by atoms with E-state index in [1.54, 1.807) is 103 Å². The third-order valence-corrected chi connectivity index (χ3v) is 11.9. The number of alkyl halides is 6. The van der Waals surface area contributed by atoms with Crippen LogP contribution in [-0.2, 0) is 12.4 Å². The van der Waals surface area contributed by atoms with Crippen molar-refractivity contribution in [2.45, 2.75) is 12.4 Å². The van der Waals surface area contributed by atoms with Gasteiger partial charge in [0.15, 0.2) is 17.5 Å². The van der Waals surface area contributed by atoms with Gasteiger partial charge in [0.05, 0.1) is 51.5 Å². The van der Waals surface area contributed by atoms with Crippen LogP contribution in [0.25, 0.3) is 95.0 Å². The van der Waals surface area contributed by atoms with E-state index in [0.29, 0.717) is 50.6 Å². The molecule has 0 aliphatic rings. The van der Waals surface area contributed by atoms with Crippen LogP contribution in [0.5, 0.6) is 0 Å². The van der Waals surface area contributed by atoms with E-state index in [-0.39, 0.29) is 34.7 Å². The molecule has 0 amide bonds. The maximum absolute atomic E-state index is 15.0. The molecule has 0 saturated heterocycles. The molecule has 73 heavy (non-hydrogen) atoms. The standard InChI is InChI=1S/C55H30F6N6.C5H5N/c56-54(57,58)41-19-21-44(48(29-41)55(59,60)61)43-22-20-42(30-47(43)53-65-51(35-11-3-1-4-12-35)64-52(66-53)36-13-5-2-6-14-36)67-49-23-17-39(37-15-7-9-33(25-37)31-62)27-45(49)46-28-40(18-24-50(46)67)38-16-8-10-34(26-38)32-63;1-3-5(2)4-6/h1-30H;3H,1-2H2. The average molecular weight is 968 g/mol. The number of hydrogen-bond acceptors (Lipinski definition) is 6. The summed E-state index contributed by atoms with van der Waals surface area (Å²) >= 11 is 0. The Morgan fingerprint density at radius 2 is 0.945 bits per heavy atom. The summed E-state index contributed by atoms with van der Waals surface area (Å²) in [5.74, 6) is 0.432. The fraction of sp³-hybridized carbons (Fsp3) is 0.0333. The number of allylic oxidation sites excluding steroid dienone is 2. The molecule has 13 heteroatoms. The molecule has 0 saturated carbocycles. The highest BCUT2D eigenvalue weighted by molar-refractivity contribution is 6.12. The molecule has 0 spiro atoms. The lowest BCUT2D eigenvalue weighted by molar-refractivity contribution is -0.142. The molecule has 0 radical (unpaired) electrons. The quantitative estimate of drug-likeness (QED) is 0.0851. The first kappa shape index (κ1) is 48.1. The number of aromatic nitrogens is 4. The minimum absolute atomic E-state index is 0.0160. The molecule has 0 atom stereocenters. The Hall–Kier alpha value is -9.90. The average Bonchev–Trinajstić information content (AvgIpc) is 3.75. The van der Waals surface area contributed by atoms with Gasteiger partial charge in [-0.15, -0.1) is 0 Å². The van der Waals surface area contributed by atoms with E-state index in [1.807, 2.05) is 65.2 Å². The molecule has 352 valence electrons. The van der Waals surface area contributed by atoms with Crippen LogP contribution in [0.3, 0.4) is 0 Å². The maximum Gasteiger partial charge on any atom is 0.417 e. The van der Waals surface area contributed by atoms with E-state index in [2.05, 4.69) is 25.3 Å². The topological polar surface area (TPSA) is 115 Å². The second-order valence-electron chi connectivity index (χ2n) is 16.5. The van der Waals surface area contributed by atoms with Crippen molar-refractivity contribution in [2.24, 2.45) is 0 Å². The molecule has 10 rings (SSSR count). The molecule has 0 aliphatic heterocycles. The molecule has 2 aromatic heterocycles. The fourth-order valence-corrected chi connectivity index (χ4v) is 8.45. The molecule has 0 unspecified atom stereocenters. The SMILES string of the molecule is C=CC(=C)C#N.N#Cc1cccc(-c2ccc3c(c2)c2cc(-c4cccc(C#N)c4)ccc2n3-c2ccc(-c3ccc(C(F)(F)F)cc3C(F)(F)F)c(-c3nc(-c4ccccc4)nc(-c4ccccc4)n3)c2)c1. The van der Waals surface area contributed by atoms with Crippen molar-refractivity contribution in [1.82, 2.24) is 19.5 Å². The zero-order valence-electron chi connectivity index (χ0n) is 38.2. The van der Waals surface area contributed by atoms with Gasteiger partial charge in [0.1, 0.15) is 0 Å². The first-order chi connectivity index (χ1) is 35.2. The van der Waals surface area contributed by atoms with Crippen molar-refractivity contribution in [3.63, 3.8) is 0 Å². The summed E-state index contributed by atoms with van der Waals surface area (Å²) in [5, 5.41) is 28.9. The van der Waals surface area contributed by atoms with Crippen molar-refractivity contribution >= 4 is 21.8 Å². The van der Waals surface area contributed by atoms with Crippen molar-refractivity contribution < 1.29 is 26.3 Å². The fourth-order valence-electron chi connectivity index (χ4n) is 8.45. The van der Waals surface area contributed by atoms with Crippen LogP contribution in [0.1, 0.15) is 22.3 Å². The monoisotopic (exact) mass is 967 g/mol. The smallest absolute Gasteiger partial charge is 0.309 e. The van der Waals surface area contributed by atoms with Gasteiger partial charge in [-0.2, -0.15) is 42.1 Å². The molecule has 8 aromatic carbocycles. The van der Waals surface area contributed by atoms with Gasteiger partial charge >= 0.3 is 12.4 Å². The van der Waals surface area contributed by atoms with Crippen molar-refractivity contribution in [1.29, 1.82) is 15.8 Å². The van der Waals surface area contributed by atoms with Crippen LogP contribution in [0.15, 0.2) is 207 Å². The Morgan fingerprint density at radius 1 is 0.466 bits per heavy atom. The summed E-state index contributed by atoms with van der Waals surface area (Å²) in [6.07, 6.45) is -8.81. The summed E-state index contributed by atoms with van der Waals surface area (Å²) in [7, 11) is 0. The van der Waals surface area contributed by atoms with Crippen LogP contribution in [0, 0.1) is 34.0 Å². The highest BCUT2D eigenvalue weighted by Gasteiger charge is 2.39. The van der Waals surface area contributed by atoms with E-state index in [0.717, 1.165) is 39.1 Å². The van der Waals surface area contributed by atoms with Gasteiger partial charge in [-0.3, -0.25) is 0 Å². The van der Waals surface area contributed by atoms with Crippen LogP contribution in [-0.4, -0.2) is 19.5 Å². The highest BCUT2D eigenvalue weighted by atomic mass is 19.4. The number of rotatable bonds is 8. The minimum Gasteiger partial charge on any atom is -0.309 e. The van der Waals surface area contributed by atoms with Crippen molar-refractivity contribution in [3.05, 3.63) is 229 Å². The number of hydrogen-bond donors (Lipinski definition) is 0. The largest absolute Gasteiger partial charge is 0.417 e. The van der Waals surface area contributed by atoms with E-state index in [4.69, 9.17) is 20.2 Å². The second kappa shape index (κ2) is 19.8. The summed E-state index contributed by atoms with van der Waals surface area (Å²) < 4.78 is 89.0.